The molecule has 152 valence electrons. The predicted molar refractivity (Wildman–Crippen MR) is 105 cm³/mol. The van der Waals surface area contributed by atoms with E-state index in [-0.39, 0.29) is 23.8 Å². The average molecular weight is 386 g/mol. The Morgan fingerprint density at radius 3 is 2.25 bits per heavy atom. The average Bonchev–Trinajstić information content (AvgIpc) is 3.46. The molecule has 0 bridgehead atoms. The van der Waals surface area contributed by atoms with Crippen LogP contribution in [0.25, 0.3) is 0 Å². The fraction of sp³-hybridized carbons (Fsp3) is 0.636. The van der Waals surface area contributed by atoms with E-state index in [1.807, 2.05) is 34.1 Å². The van der Waals surface area contributed by atoms with Crippen LogP contribution in [-0.4, -0.2) is 67.1 Å². The molecule has 1 aromatic carbocycles. The first-order chi connectivity index (χ1) is 13.7. The van der Waals surface area contributed by atoms with E-state index in [9.17, 15) is 9.59 Å². The molecule has 6 heteroatoms. The minimum absolute atomic E-state index is 0.0265. The van der Waals surface area contributed by atoms with Crippen molar-refractivity contribution >= 4 is 11.8 Å². The van der Waals surface area contributed by atoms with Crippen molar-refractivity contribution in [2.24, 2.45) is 5.92 Å². The summed E-state index contributed by atoms with van der Waals surface area (Å²) < 4.78 is 11.3. The largest absolute Gasteiger partial charge is 0.491 e. The maximum absolute atomic E-state index is 12.8. The van der Waals surface area contributed by atoms with Gasteiger partial charge in [0.2, 0.25) is 5.91 Å². The highest BCUT2D eigenvalue weighted by Gasteiger charge is 2.30. The van der Waals surface area contributed by atoms with E-state index in [0.29, 0.717) is 38.3 Å². The minimum Gasteiger partial charge on any atom is -0.491 e. The lowest BCUT2D eigenvalue weighted by Crippen LogP contribution is -2.51. The fourth-order valence-corrected chi connectivity index (χ4v) is 4.40. The van der Waals surface area contributed by atoms with Crippen molar-refractivity contribution in [1.82, 2.24) is 9.80 Å². The number of carbonyl (C=O) groups is 2. The molecule has 0 N–H and O–H groups in total. The third-order valence-electron chi connectivity index (χ3n) is 6.14. The van der Waals surface area contributed by atoms with Gasteiger partial charge in [0.15, 0.2) is 0 Å². The summed E-state index contributed by atoms with van der Waals surface area (Å²) in [6, 6.07) is 7.34. The van der Waals surface area contributed by atoms with Crippen LogP contribution in [0, 0.1) is 5.92 Å². The van der Waals surface area contributed by atoms with Crippen LogP contribution < -0.4 is 4.74 Å². The lowest BCUT2D eigenvalue weighted by Gasteiger charge is -2.36. The summed E-state index contributed by atoms with van der Waals surface area (Å²) in [5.74, 6) is 1.29. The van der Waals surface area contributed by atoms with Crippen molar-refractivity contribution in [3.8, 4) is 5.75 Å². The summed E-state index contributed by atoms with van der Waals surface area (Å²) in [7, 11) is 0. The van der Waals surface area contributed by atoms with Crippen molar-refractivity contribution < 1.29 is 19.1 Å². The SMILES string of the molecule is O=C(c1ccc(OCC2CCCO2)cc1)N1CCN(C(=O)C2CCCC2)CC1. The number of ether oxygens (including phenoxy) is 2. The maximum Gasteiger partial charge on any atom is 0.253 e. The second-order valence-electron chi connectivity index (χ2n) is 8.07. The summed E-state index contributed by atoms with van der Waals surface area (Å²) in [5, 5.41) is 0. The standard InChI is InChI=1S/C22H30N2O4/c25-21(17-4-1-2-5-17)23-11-13-24(14-12-23)22(26)18-7-9-19(10-8-18)28-16-20-6-3-15-27-20/h7-10,17,20H,1-6,11-16H2. The predicted octanol–water partition coefficient (Wildman–Crippen LogP) is 2.72. The topological polar surface area (TPSA) is 59.1 Å². The van der Waals surface area contributed by atoms with Gasteiger partial charge in [0.05, 0.1) is 6.10 Å². The van der Waals surface area contributed by atoms with Gasteiger partial charge in [-0.25, -0.2) is 0 Å². The van der Waals surface area contributed by atoms with Crippen LogP contribution in [0.2, 0.25) is 0 Å². The molecule has 3 aliphatic rings. The van der Waals surface area contributed by atoms with E-state index in [2.05, 4.69) is 0 Å². The second-order valence-corrected chi connectivity index (χ2v) is 8.07. The Labute approximate surface area is 166 Å². The summed E-state index contributed by atoms with van der Waals surface area (Å²) in [4.78, 5) is 29.1. The molecule has 3 fully saturated rings. The van der Waals surface area contributed by atoms with E-state index in [4.69, 9.17) is 9.47 Å². The molecule has 1 aliphatic carbocycles. The fourth-order valence-electron chi connectivity index (χ4n) is 4.40. The number of hydrogen-bond donors (Lipinski definition) is 0. The molecule has 1 unspecified atom stereocenters. The quantitative estimate of drug-likeness (QED) is 0.781. The summed E-state index contributed by atoms with van der Waals surface area (Å²) in [6.07, 6.45) is 6.72. The molecule has 1 saturated carbocycles. The Morgan fingerprint density at radius 2 is 1.61 bits per heavy atom. The highest BCUT2D eigenvalue weighted by molar-refractivity contribution is 5.94. The molecule has 1 atom stereocenters. The number of rotatable bonds is 5. The van der Waals surface area contributed by atoms with Crippen molar-refractivity contribution in [1.29, 1.82) is 0 Å². The van der Waals surface area contributed by atoms with Crippen molar-refractivity contribution in [3.63, 3.8) is 0 Å². The molecular weight excluding hydrogens is 356 g/mol. The lowest BCUT2D eigenvalue weighted by molar-refractivity contribution is -0.136. The van der Waals surface area contributed by atoms with Crippen LogP contribution in [-0.2, 0) is 9.53 Å². The Bertz CT molecular complexity index is 670. The normalized spacial score (nSPS) is 23.2. The van der Waals surface area contributed by atoms with Crippen LogP contribution in [0.3, 0.4) is 0 Å². The van der Waals surface area contributed by atoms with Crippen LogP contribution in [0.5, 0.6) is 5.75 Å². The van der Waals surface area contributed by atoms with Gasteiger partial charge in [-0.15, -0.1) is 0 Å². The molecule has 1 aromatic rings. The molecule has 2 amide bonds. The third-order valence-corrected chi connectivity index (χ3v) is 6.14. The van der Waals surface area contributed by atoms with Crippen LogP contribution in [0.15, 0.2) is 24.3 Å². The van der Waals surface area contributed by atoms with Gasteiger partial charge < -0.3 is 19.3 Å². The molecule has 2 saturated heterocycles. The van der Waals surface area contributed by atoms with Crippen molar-refractivity contribution in [2.45, 2.75) is 44.6 Å². The van der Waals surface area contributed by atoms with Gasteiger partial charge in [0.25, 0.3) is 5.91 Å². The lowest BCUT2D eigenvalue weighted by atomic mass is 10.1. The monoisotopic (exact) mass is 386 g/mol. The van der Waals surface area contributed by atoms with Gasteiger partial charge in [-0.2, -0.15) is 0 Å². The summed E-state index contributed by atoms with van der Waals surface area (Å²) >= 11 is 0. The molecule has 4 rings (SSSR count). The van der Waals surface area contributed by atoms with Crippen molar-refractivity contribution in [2.75, 3.05) is 39.4 Å². The van der Waals surface area contributed by atoms with Gasteiger partial charge in [0.1, 0.15) is 12.4 Å². The number of benzene rings is 1. The number of nitrogens with zero attached hydrogens (tertiary/aromatic N) is 2. The zero-order valence-electron chi connectivity index (χ0n) is 16.5. The second kappa shape index (κ2) is 8.95. The van der Waals surface area contributed by atoms with E-state index in [1.54, 1.807) is 0 Å². The zero-order chi connectivity index (χ0) is 19.3. The van der Waals surface area contributed by atoms with E-state index >= 15 is 0 Å². The third kappa shape index (κ3) is 4.49. The maximum atomic E-state index is 12.8. The minimum atomic E-state index is 0.0265. The van der Waals surface area contributed by atoms with E-state index in [1.165, 1.54) is 12.8 Å². The Hall–Kier alpha value is -2.08. The van der Waals surface area contributed by atoms with Gasteiger partial charge in [-0.1, -0.05) is 12.8 Å². The molecule has 6 nitrogen and oxygen atoms in total. The highest BCUT2D eigenvalue weighted by atomic mass is 16.5. The van der Waals surface area contributed by atoms with Crippen LogP contribution in [0.1, 0.15) is 48.9 Å². The Balaban J connectivity index is 1.25. The van der Waals surface area contributed by atoms with Gasteiger partial charge >= 0.3 is 0 Å². The van der Waals surface area contributed by atoms with Crippen molar-refractivity contribution in [3.05, 3.63) is 29.8 Å². The van der Waals surface area contributed by atoms with Gasteiger partial charge in [-0.3, -0.25) is 9.59 Å². The Morgan fingerprint density at radius 1 is 0.929 bits per heavy atom. The number of hydrogen-bond acceptors (Lipinski definition) is 4. The number of carbonyl (C=O) groups excluding carboxylic acids is 2. The smallest absolute Gasteiger partial charge is 0.253 e. The molecule has 0 aromatic heterocycles. The van der Waals surface area contributed by atoms with E-state index in [0.717, 1.165) is 38.0 Å². The summed E-state index contributed by atoms with van der Waals surface area (Å²) in [6.45, 7) is 3.88. The first-order valence-corrected chi connectivity index (χ1v) is 10.6. The molecule has 28 heavy (non-hydrogen) atoms. The first kappa shape index (κ1) is 19.2. The van der Waals surface area contributed by atoms with Gasteiger partial charge in [0, 0.05) is 44.3 Å². The van der Waals surface area contributed by atoms with Crippen LogP contribution >= 0.6 is 0 Å². The molecular formula is C22H30N2O4. The van der Waals surface area contributed by atoms with Gasteiger partial charge in [-0.05, 0) is 49.9 Å². The Kier molecular flexibility index (Phi) is 6.15. The molecule has 0 spiro atoms. The van der Waals surface area contributed by atoms with Crippen LogP contribution in [0.4, 0.5) is 0 Å². The summed E-state index contributed by atoms with van der Waals surface area (Å²) in [5.41, 5.74) is 0.667. The molecule has 2 aliphatic heterocycles. The number of piperazine rings is 1. The highest BCUT2D eigenvalue weighted by Crippen LogP contribution is 2.27. The molecule has 2 heterocycles. The number of amides is 2. The van der Waals surface area contributed by atoms with E-state index < -0.39 is 0 Å². The first-order valence-electron chi connectivity index (χ1n) is 10.6. The zero-order valence-corrected chi connectivity index (χ0v) is 16.5. The molecule has 0 radical (unpaired) electrons.